The predicted octanol–water partition coefficient (Wildman–Crippen LogP) is 0.683. The van der Waals surface area contributed by atoms with E-state index in [4.69, 9.17) is 0 Å². The van der Waals surface area contributed by atoms with Crippen molar-refractivity contribution in [3.63, 3.8) is 0 Å². The maximum absolute atomic E-state index is 11.4. The summed E-state index contributed by atoms with van der Waals surface area (Å²) in [6, 6.07) is 0.347. The van der Waals surface area contributed by atoms with E-state index < -0.39 is 0 Å². The van der Waals surface area contributed by atoms with Gasteiger partial charge in [-0.3, -0.25) is 9.59 Å². The van der Waals surface area contributed by atoms with E-state index in [0.717, 1.165) is 24.3 Å². The van der Waals surface area contributed by atoms with Gasteiger partial charge in [-0.2, -0.15) is 11.8 Å². The number of Topliss-reactive ketones (excluding diaryl/α,β-unsaturated/α-hetero) is 1. The van der Waals surface area contributed by atoms with Gasteiger partial charge in [0, 0.05) is 6.04 Å². The number of amides is 1. The largest absolute Gasteiger partial charge is 0.332 e. The molecule has 2 aliphatic rings. The van der Waals surface area contributed by atoms with Crippen molar-refractivity contribution >= 4 is 23.5 Å². The van der Waals surface area contributed by atoms with E-state index in [1.807, 2.05) is 11.8 Å². The Morgan fingerprint density at radius 3 is 2.46 bits per heavy atom. The third-order valence-electron chi connectivity index (χ3n) is 2.65. The highest BCUT2D eigenvalue weighted by Crippen LogP contribution is 2.24. The zero-order valence-electron chi connectivity index (χ0n) is 7.49. The zero-order chi connectivity index (χ0) is 9.26. The highest BCUT2D eigenvalue weighted by molar-refractivity contribution is 7.99. The second kappa shape index (κ2) is 3.70. The molecule has 0 unspecified atom stereocenters. The summed E-state index contributed by atoms with van der Waals surface area (Å²) in [6.07, 6.45) is 2.26. The fourth-order valence-electron chi connectivity index (χ4n) is 1.93. The van der Waals surface area contributed by atoms with Crippen LogP contribution in [0.25, 0.3) is 0 Å². The van der Waals surface area contributed by atoms with Gasteiger partial charge in [-0.05, 0) is 24.3 Å². The highest BCUT2D eigenvalue weighted by Gasteiger charge is 2.33. The van der Waals surface area contributed by atoms with Crippen LogP contribution in [0.15, 0.2) is 0 Å². The second-order valence-electron chi connectivity index (χ2n) is 3.58. The molecule has 0 aromatic carbocycles. The minimum absolute atomic E-state index is 0.0434. The Bertz CT molecular complexity index is 236. The Hall–Kier alpha value is -0.510. The Balaban J connectivity index is 1.99. The second-order valence-corrected chi connectivity index (χ2v) is 4.81. The Labute approximate surface area is 81.9 Å². The van der Waals surface area contributed by atoms with Gasteiger partial charge in [0.05, 0.1) is 13.0 Å². The van der Waals surface area contributed by atoms with E-state index in [2.05, 4.69) is 0 Å². The first kappa shape index (κ1) is 9.06. The molecule has 0 N–H and O–H groups in total. The van der Waals surface area contributed by atoms with Crippen LogP contribution >= 0.6 is 11.8 Å². The van der Waals surface area contributed by atoms with E-state index in [1.165, 1.54) is 0 Å². The summed E-state index contributed by atoms with van der Waals surface area (Å²) in [5.41, 5.74) is 0. The molecule has 2 saturated heterocycles. The SMILES string of the molecule is O=C1CC(=O)N(C2CCSCC2)C1. The summed E-state index contributed by atoms with van der Waals surface area (Å²) in [6.45, 7) is 0.369. The number of nitrogens with zero attached hydrogens (tertiary/aromatic N) is 1. The molecule has 3 nitrogen and oxygen atoms in total. The summed E-state index contributed by atoms with van der Waals surface area (Å²) >= 11 is 1.94. The van der Waals surface area contributed by atoms with E-state index in [1.54, 1.807) is 4.90 Å². The summed E-state index contributed by atoms with van der Waals surface area (Å²) in [5.74, 6) is 2.38. The van der Waals surface area contributed by atoms with Crippen LogP contribution in [-0.2, 0) is 9.59 Å². The van der Waals surface area contributed by atoms with E-state index in [0.29, 0.717) is 12.6 Å². The lowest BCUT2D eigenvalue weighted by molar-refractivity contribution is -0.129. The van der Waals surface area contributed by atoms with E-state index >= 15 is 0 Å². The molecule has 0 aromatic heterocycles. The minimum atomic E-state index is 0.0434. The maximum atomic E-state index is 11.4. The fourth-order valence-corrected chi connectivity index (χ4v) is 3.02. The molecule has 2 fully saturated rings. The molecule has 0 spiro atoms. The smallest absolute Gasteiger partial charge is 0.230 e. The maximum Gasteiger partial charge on any atom is 0.230 e. The number of hydrogen-bond donors (Lipinski definition) is 0. The third kappa shape index (κ3) is 1.88. The van der Waals surface area contributed by atoms with Gasteiger partial charge in [0.1, 0.15) is 0 Å². The van der Waals surface area contributed by atoms with Gasteiger partial charge in [0.2, 0.25) is 5.91 Å². The zero-order valence-corrected chi connectivity index (χ0v) is 8.31. The van der Waals surface area contributed by atoms with Crippen molar-refractivity contribution in [1.82, 2.24) is 4.90 Å². The molecule has 4 heteroatoms. The molecule has 2 rings (SSSR count). The van der Waals surface area contributed by atoms with Gasteiger partial charge in [-0.15, -0.1) is 0 Å². The average Bonchev–Trinajstić information content (AvgIpc) is 2.47. The van der Waals surface area contributed by atoms with Crippen LogP contribution in [0, 0.1) is 0 Å². The van der Waals surface area contributed by atoms with E-state index in [-0.39, 0.29) is 18.1 Å². The van der Waals surface area contributed by atoms with Crippen LogP contribution in [0.1, 0.15) is 19.3 Å². The lowest BCUT2D eigenvalue weighted by Crippen LogP contribution is -2.39. The minimum Gasteiger partial charge on any atom is -0.332 e. The van der Waals surface area contributed by atoms with Crippen molar-refractivity contribution in [2.24, 2.45) is 0 Å². The molecule has 0 aliphatic carbocycles. The van der Waals surface area contributed by atoms with Crippen LogP contribution < -0.4 is 0 Å². The number of thioether (sulfide) groups is 1. The topological polar surface area (TPSA) is 37.4 Å². The van der Waals surface area contributed by atoms with Gasteiger partial charge in [0.15, 0.2) is 5.78 Å². The van der Waals surface area contributed by atoms with Crippen LogP contribution in [0.4, 0.5) is 0 Å². The molecule has 0 atom stereocenters. The monoisotopic (exact) mass is 199 g/mol. The number of hydrogen-bond acceptors (Lipinski definition) is 3. The molecule has 0 aromatic rings. The quantitative estimate of drug-likeness (QED) is 0.583. The van der Waals surface area contributed by atoms with Crippen molar-refractivity contribution in [3.05, 3.63) is 0 Å². The first-order chi connectivity index (χ1) is 6.27. The van der Waals surface area contributed by atoms with Crippen LogP contribution in [0.2, 0.25) is 0 Å². The van der Waals surface area contributed by atoms with Crippen molar-refractivity contribution in [3.8, 4) is 0 Å². The molecular formula is C9H13NO2S. The summed E-state index contributed by atoms with van der Waals surface area (Å²) in [5, 5.41) is 0. The molecule has 2 aliphatic heterocycles. The lowest BCUT2D eigenvalue weighted by atomic mass is 10.1. The van der Waals surface area contributed by atoms with Gasteiger partial charge in [-0.1, -0.05) is 0 Å². The molecule has 13 heavy (non-hydrogen) atoms. The van der Waals surface area contributed by atoms with Crippen LogP contribution in [0.3, 0.4) is 0 Å². The molecule has 2 heterocycles. The standard InChI is InChI=1S/C9H13NO2S/c11-8-5-9(12)10(6-8)7-1-3-13-4-2-7/h7H,1-6H2. The van der Waals surface area contributed by atoms with Gasteiger partial charge >= 0.3 is 0 Å². The summed E-state index contributed by atoms with van der Waals surface area (Å²) in [4.78, 5) is 24.2. The van der Waals surface area contributed by atoms with Gasteiger partial charge in [0.25, 0.3) is 0 Å². The number of ketones is 1. The van der Waals surface area contributed by atoms with Crippen molar-refractivity contribution in [2.45, 2.75) is 25.3 Å². The number of likely N-dealkylation sites (tertiary alicyclic amines) is 1. The molecular weight excluding hydrogens is 186 g/mol. The fraction of sp³-hybridized carbons (Fsp3) is 0.778. The van der Waals surface area contributed by atoms with Crippen molar-refractivity contribution < 1.29 is 9.59 Å². The Kier molecular flexibility index (Phi) is 2.58. The Morgan fingerprint density at radius 2 is 1.92 bits per heavy atom. The number of carbonyl (C=O) groups is 2. The van der Waals surface area contributed by atoms with Crippen LogP contribution in [-0.4, -0.2) is 40.7 Å². The third-order valence-corrected chi connectivity index (χ3v) is 3.70. The van der Waals surface area contributed by atoms with Gasteiger partial charge in [-0.25, -0.2) is 0 Å². The van der Waals surface area contributed by atoms with E-state index in [9.17, 15) is 9.59 Å². The molecule has 0 radical (unpaired) electrons. The van der Waals surface area contributed by atoms with Gasteiger partial charge < -0.3 is 4.90 Å². The normalized spacial score (nSPS) is 25.7. The Morgan fingerprint density at radius 1 is 1.23 bits per heavy atom. The lowest BCUT2D eigenvalue weighted by Gasteiger charge is -2.29. The number of carbonyl (C=O) groups excluding carboxylic acids is 2. The molecule has 0 saturated carbocycles. The van der Waals surface area contributed by atoms with Crippen LogP contribution in [0.5, 0.6) is 0 Å². The predicted molar refractivity (Wildman–Crippen MR) is 51.7 cm³/mol. The first-order valence-corrected chi connectivity index (χ1v) is 5.82. The highest BCUT2D eigenvalue weighted by atomic mass is 32.2. The molecule has 1 amide bonds. The first-order valence-electron chi connectivity index (χ1n) is 4.66. The molecule has 0 bridgehead atoms. The number of rotatable bonds is 1. The summed E-state index contributed by atoms with van der Waals surface area (Å²) in [7, 11) is 0. The van der Waals surface area contributed by atoms with Crippen molar-refractivity contribution in [1.29, 1.82) is 0 Å². The molecule has 72 valence electrons. The average molecular weight is 199 g/mol. The van der Waals surface area contributed by atoms with Crippen molar-refractivity contribution in [2.75, 3.05) is 18.1 Å². The summed E-state index contributed by atoms with van der Waals surface area (Å²) < 4.78 is 0.